The van der Waals surface area contributed by atoms with Crippen LogP contribution in [0.2, 0.25) is 0 Å². The standard InChI is InChI=1S/C30H33NS/c1-4-5-6-13-18-30(31-23-24(2)26-14-9-7-10-15-26)25(3)27-19-21-29(22-20-27)32-28-16-11-8-12-17-28/h7-12,14-17,19-22H,2-6,13,18,23H2,1H3/b31-30-. The van der Waals surface area contributed by atoms with E-state index in [2.05, 4.69) is 80.7 Å². The summed E-state index contributed by atoms with van der Waals surface area (Å²) in [7, 11) is 0. The summed E-state index contributed by atoms with van der Waals surface area (Å²) in [6.07, 6.45) is 5.84. The summed E-state index contributed by atoms with van der Waals surface area (Å²) in [5.74, 6) is 0. The van der Waals surface area contributed by atoms with E-state index in [1.165, 1.54) is 29.1 Å². The number of hydrogen-bond donors (Lipinski definition) is 0. The van der Waals surface area contributed by atoms with Crippen molar-refractivity contribution in [3.05, 3.63) is 109 Å². The number of nitrogens with zero attached hydrogens (tertiary/aromatic N) is 1. The minimum atomic E-state index is 0.605. The second kappa shape index (κ2) is 12.9. The number of benzene rings is 3. The van der Waals surface area contributed by atoms with Crippen molar-refractivity contribution in [1.82, 2.24) is 0 Å². The van der Waals surface area contributed by atoms with Gasteiger partial charge >= 0.3 is 0 Å². The fourth-order valence-electron chi connectivity index (χ4n) is 3.52. The molecule has 3 aromatic carbocycles. The first-order valence-electron chi connectivity index (χ1n) is 11.5. The average molecular weight is 440 g/mol. The van der Waals surface area contributed by atoms with Crippen LogP contribution in [-0.2, 0) is 0 Å². The lowest BCUT2D eigenvalue weighted by Crippen LogP contribution is -2.04. The predicted molar refractivity (Wildman–Crippen MR) is 143 cm³/mol. The van der Waals surface area contributed by atoms with Gasteiger partial charge in [-0.1, -0.05) is 112 Å². The van der Waals surface area contributed by atoms with E-state index in [0.29, 0.717) is 6.54 Å². The van der Waals surface area contributed by atoms with Crippen LogP contribution in [0.25, 0.3) is 11.1 Å². The van der Waals surface area contributed by atoms with E-state index in [4.69, 9.17) is 4.99 Å². The maximum absolute atomic E-state index is 4.98. The zero-order chi connectivity index (χ0) is 22.6. The SMILES string of the molecule is C=C(C/N=C(/CCCCCC)C(=C)c1ccc(Sc2ccccc2)cc1)c1ccccc1. The normalized spacial score (nSPS) is 11.3. The molecule has 0 fully saturated rings. The van der Waals surface area contributed by atoms with Gasteiger partial charge < -0.3 is 0 Å². The molecule has 0 aliphatic carbocycles. The van der Waals surface area contributed by atoms with Crippen LogP contribution in [0, 0.1) is 0 Å². The van der Waals surface area contributed by atoms with E-state index in [1.807, 2.05) is 24.3 Å². The summed E-state index contributed by atoms with van der Waals surface area (Å²) < 4.78 is 0. The maximum atomic E-state index is 4.98. The molecule has 0 atom stereocenters. The summed E-state index contributed by atoms with van der Waals surface area (Å²) in [4.78, 5) is 7.45. The summed E-state index contributed by atoms with van der Waals surface area (Å²) in [5, 5.41) is 0. The van der Waals surface area contributed by atoms with Gasteiger partial charge in [-0.2, -0.15) is 0 Å². The van der Waals surface area contributed by atoms with Gasteiger partial charge in [0.15, 0.2) is 0 Å². The van der Waals surface area contributed by atoms with Crippen molar-refractivity contribution < 1.29 is 0 Å². The molecule has 0 aliphatic heterocycles. The molecule has 0 radical (unpaired) electrons. The molecule has 0 spiro atoms. The molecule has 0 aromatic heterocycles. The summed E-state index contributed by atoms with van der Waals surface area (Å²) in [6, 6.07) is 29.5. The van der Waals surface area contributed by atoms with Crippen LogP contribution in [0.5, 0.6) is 0 Å². The molecular weight excluding hydrogens is 406 g/mol. The Kier molecular flexibility index (Phi) is 9.59. The second-order valence-electron chi connectivity index (χ2n) is 7.96. The van der Waals surface area contributed by atoms with Gasteiger partial charge in [-0.3, -0.25) is 4.99 Å². The first kappa shape index (κ1) is 23.8. The minimum absolute atomic E-state index is 0.605. The lowest BCUT2D eigenvalue weighted by molar-refractivity contribution is 0.683. The monoisotopic (exact) mass is 439 g/mol. The fraction of sp³-hybridized carbons (Fsp3) is 0.233. The molecule has 3 aromatic rings. The third-order valence-electron chi connectivity index (χ3n) is 5.44. The Balaban J connectivity index is 1.71. The van der Waals surface area contributed by atoms with Gasteiger partial charge in [0.1, 0.15) is 0 Å². The first-order chi connectivity index (χ1) is 15.7. The quantitative estimate of drug-likeness (QED) is 0.203. The number of unbranched alkanes of at least 4 members (excludes halogenated alkanes) is 3. The van der Waals surface area contributed by atoms with E-state index in [9.17, 15) is 0 Å². The molecule has 164 valence electrons. The van der Waals surface area contributed by atoms with Crippen LogP contribution in [0.4, 0.5) is 0 Å². The highest BCUT2D eigenvalue weighted by molar-refractivity contribution is 7.99. The summed E-state index contributed by atoms with van der Waals surface area (Å²) in [5.41, 5.74) is 5.45. The first-order valence-corrected chi connectivity index (χ1v) is 12.3. The van der Waals surface area contributed by atoms with Crippen molar-refractivity contribution in [2.45, 2.75) is 48.8 Å². The molecule has 2 heteroatoms. The van der Waals surface area contributed by atoms with E-state index in [0.717, 1.165) is 40.8 Å². The molecular formula is C30H33NS. The van der Waals surface area contributed by atoms with Gasteiger partial charge in [0.25, 0.3) is 0 Å². The van der Waals surface area contributed by atoms with Crippen LogP contribution in [0.15, 0.2) is 113 Å². The Labute approximate surface area is 198 Å². The topological polar surface area (TPSA) is 12.4 Å². The van der Waals surface area contributed by atoms with Gasteiger partial charge in [0.05, 0.1) is 6.54 Å². The van der Waals surface area contributed by atoms with E-state index < -0.39 is 0 Å². The zero-order valence-corrected chi connectivity index (χ0v) is 19.9. The van der Waals surface area contributed by atoms with E-state index >= 15 is 0 Å². The minimum Gasteiger partial charge on any atom is -0.284 e. The predicted octanol–water partition coefficient (Wildman–Crippen LogP) is 8.98. The van der Waals surface area contributed by atoms with Gasteiger partial charge in [-0.05, 0) is 59.4 Å². The summed E-state index contributed by atoms with van der Waals surface area (Å²) >= 11 is 1.78. The molecule has 3 rings (SSSR count). The molecule has 0 bridgehead atoms. The van der Waals surface area contributed by atoms with Crippen molar-refractivity contribution >= 4 is 28.6 Å². The lowest BCUT2D eigenvalue weighted by atomic mass is 9.98. The van der Waals surface area contributed by atoms with Crippen LogP contribution >= 0.6 is 11.8 Å². The Hall–Kier alpha value is -2.84. The Morgan fingerprint density at radius 1 is 0.719 bits per heavy atom. The molecule has 0 N–H and O–H groups in total. The largest absolute Gasteiger partial charge is 0.284 e. The number of hydrogen-bond acceptors (Lipinski definition) is 2. The molecule has 0 aliphatic rings. The van der Waals surface area contributed by atoms with Crippen molar-refractivity contribution in [2.24, 2.45) is 4.99 Å². The molecule has 32 heavy (non-hydrogen) atoms. The molecule has 0 saturated heterocycles. The molecule has 0 saturated carbocycles. The third-order valence-corrected chi connectivity index (χ3v) is 6.46. The molecule has 0 heterocycles. The zero-order valence-electron chi connectivity index (χ0n) is 19.1. The molecule has 0 unspecified atom stereocenters. The Morgan fingerprint density at radius 3 is 2.00 bits per heavy atom. The number of aliphatic imine (C=N–C) groups is 1. The van der Waals surface area contributed by atoms with Gasteiger partial charge in [0.2, 0.25) is 0 Å². The number of allylic oxidation sites excluding steroid dienone is 1. The van der Waals surface area contributed by atoms with Gasteiger partial charge in [0, 0.05) is 15.5 Å². The Bertz CT molecular complexity index is 1020. The number of rotatable bonds is 12. The highest BCUT2D eigenvalue weighted by Gasteiger charge is 2.09. The van der Waals surface area contributed by atoms with Crippen LogP contribution in [-0.4, -0.2) is 12.3 Å². The van der Waals surface area contributed by atoms with Crippen molar-refractivity contribution in [1.29, 1.82) is 0 Å². The fourth-order valence-corrected chi connectivity index (χ4v) is 4.35. The average Bonchev–Trinajstić information content (AvgIpc) is 2.84. The van der Waals surface area contributed by atoms with Crippen LogP contribution < -0.4 is 0 Å². The molecule has 0 amide bonds. The van der Waals surface area contributed by atoms with Gasteiger partial charge in [-0.15, -0.1) is 0 Å². The smallest absolute Gasteiger partial charge is 0.0643 e. The molecule has 1 nitrogen and oxygen atoms in total. The van der Waals surface area contributed by atoms with Crippen molar-refractivity contribution in [2.75, 3.05) is 6.54 Å². The van der Waals surface area contributed by atoms with Crippen LogP contribution in [0.1, 0.15) is 50.2 Å². The van der Waals surface area contributed by atoms with E-state index in [1.54, 1.807) is 11.8 Å². The highest BCUT2D eigenvalue weighted by atomic mass is 32.2. The maximum Gasteiger partial charge on any atom is 0.0643 e. The van der Waals surface area contributed by atoms with Crippen LogP contribution in [0.3, 0.4) is 0 Å². The lowest BCUT2D eigenvalue weighted by Gasteiger charge is -2.12. The second-order valence-corrected chi connectivity index (χ2v) is 9.11. The highest BCUT2D eigenvalue weighted by Crippen LogP contribution is 2.29. The van der Waals surface area contributed by atoms with Crippen molar-refractivity contribution in [3.8, 4) is 0 Å². The van der Waals surface area contributed by atoms with E-state index in [-0.39, 0.29) is 0 Å². The summed E-state index contributed by atoms with van der Waals surface area (Å²) in [6.45, 7) is 11.5. The van der Waals surface area contributed by atoms with Gasteiger partial charge in [-0.25, -0.2) is 0 Å². The third kappa shape index (κ3) is 7.39. The Morgan fingerprint density at radius 2 is 1.34 bits per heavy atom. The van der Waals surface area contributed by atoms with Crippen molar-refractivity contribution in [3.63, 3.8) is 0 Å².